The lowest BCUT2D eigenvalue weighted by Gasteiger charge is -2.22. The third-order valence-corrected chi connectivity index (χ3v) is 6.64. The van der Waals surface area contributed by atoms with Crippen molar-refractivity contribution in [3.05, 3.63) is 70.8 Å². The molecule has 0 bridgehead atoms. The summed E-state index contributed by atoms with van der Waals surface area (Å²) in [7, 11) is 3.13. The molecule has 1 unspecified atom stereocenters. The summed E-state index contributed by atoms with van der Waals surface area (Å²) < 4.78 is 49.8. The fraction of sp³-hybridized carbons (Fsp3) is 0.346. The van der Waals surface area contributed by atoms with Crippen LogP contribution in [0.5, 0.6) is 0 Å². The summed E-state index contributed by atoms with van der Waals surface area (Å²) in [6, 6.07) is 6.77. The number of likely N-dealkylation sites (N-methyl/N-ethyl adjacent to an activating group) is 1. The van der Waals surface area contributed by atoms with Gasteiger partial charge in [0.1, 0.15) is 17.5 Å². The first-order valence-corrected chi connectivity index (χ1v) is 11.1. The summed E-state index contributed by atoms with van der Waals surface area (Å²) in [5.74, 6) is -3.87. The van der Waals surface area contributed by atoms with Crippen molar-refractivity contribution in [2.24, 2.45) is 0 Å². The van der Waals surface area contributed by atoms with E-state index in [-0.39, 0.29) is 11.5 Å². The standard InChI is InChI=1S/C26H27F3N4O2/c1-13(2)26(28,29)18-10-8-9-16(22(18)27)14(3)30-23-17-11-21-19(12-20(17)31-15(4)32-23)25(5,35-7)24(34)33(21)6/h8-12,14H,1H2,2-7H3,(H,30,31,32)/t14-,25?/m1/s1. The second-order valence-electron chi connectivity index (χ2n) is 9.04. The Balaban J connectivity index is 1.80. The molecule has 9 heteroatoms. The fourth-order valence-corrected chi connectivity index (χ4v) is 4.43. The Bertz CT molecular complexity index is 1370. The van der Waals surface area contributed by atoms with Crippen LogP contribution in [0.15, 0.2) is 42.5 Å². The molecule has 0 saturated carbocycles. The molecule has 0 spiro atoms. The van der Waals surface area contributed by atoms with Crippen molar-refractivity contribution in [2.75, 3.05) is 24.4 Å². The van der Waals surface area contributed by atoms with Crippen LogP contribution in [0.25, 0.3) is 10.9 Å². The number of amides is 1. The lowest BCUT2D eigenvalue weighted by atomic mass is 9.96. The first-order chi connectivity index (χ1) is 16.3. The first kappa shape index (κ1) is 24.7. The number of anilines is 2. The van der Waals surface area contributed by atoms with Crippen LogP contribution in [0.2, 0.25) is 0 Å². The Morgan fingerprint density at radius 1 is 1.29 bits per heavy atom. The Labute approximate surface area is 201 Å². The predicted molar refractivity (Wildman–Crippen MR) is 129 cm³/mol. The van der Waals surface area contributed by atoms with Gasteiger partial charge in [0.05, 0.1) is 22.8 Å². The Hall–Kier alpha value is -3.46. The number of rotatable bonds is 6. The van der Waals surface area contributed by atoms with Crippen LogP contribution in [-0.4, -0.2) is 30.0 Å². The maximum atomic E-state index is 15.2. The van der Waals surface area contributed by atoms with Crippen LogP contribution in [0.4, 0.5) is 24.7 Å². The highest BCUT2D eigenvalue weighted by atomic mass is 19.3. The molecule has 2 aromatic carbocycles. The molecule has 1 aliphatic rings. The highest BCUT2D eigenvalue weighted by molar-refractivity contribution is 6.09. The molecule has 2 atom stereocenters. The van der Waals surface area contributed by atoms with Crippen LogP contribution >= 0.6 is 0 Å². The number of ether oxygens (including phenoxy) is 1. The molecule has 4 rings (SSSR count). The van der Waals surface area contributed by atoms with E-state index in [1.54, 1.807) is 40.0 Å². The number of carbonyl (C=O) groups is 1. The molecule has 1 amide bonds. The monoisotopic (exact) mass is 484 g/mol. The number of halogens is 3. The van der Waals surface area contributed by atoms with Gasteiger partial charge in [-0.15, -0.1) is 0 Å². The zero-order valence-electron chi connectivity index (χ0n) is 20.5. The molecule has 1 aliphatic heterocycles. The van der Waals surface area contributed by atoms with Gasteiger partial charge in [-0.1, -0.05) is 18.7 Å². The number of carbonyl (C=O) groups excluding carboxylic acids is 1. The lowest BCUT2D eigenvalue weighted by molar-refractivity contribution is -0.137. The molecule has 35 heavy (non-hydrogen) atoms. The van der Waals surface area contributed by atoms with E-state index in [9.17, 15) is 13.6 Å². The third-order valence-electron chi connectivity index (χ3n) is 6.64. The van der Waals surface area contributed by atoms with Gasteiger partial charge in [-0.3, -0.25) is 4.79 Å². The van der Waals surface area contributed by atoms with Gasteiger partial charge in [-0.25, -0.2) is 14.4 Å². The van der Waals surface area contributed by atoms with E-state index in [0.717, 1.165) is 6.07 Å². The van der Waals surface area contributed by atoms with Crippen LogP contribution in [0.3, 0.4) is 0 Å². The highest BCUT2D eigenvalue weighted by Crippen LogP contribution is 2.44. The van der Waals surface area contributed by atoms with Crippen LogP contribution < -0.4 is 10.2 Å². The van der Waals surface area contributed by atoms with Crippen molar-refractivity contribution < 1.29 is 22.7 Å². The number of aryl methyl sites for hydroxylation is 1. The van der Waals surface area contributed by atoms with Gasteiger partial charge < -0.3 is 15.0 Å². The molecule has 1 N–H and O–H groups in total. The molecule has 2 heterocycles. The van der Waals surface area contributed by atoms with Crippen LogP contribution in [0, 0.1) is 12.7 Å². The number of nitrogens with zero attached hydrogens (tertiary/aromatic N) is 3. The van der Waals surface area contributed by atoms with E-state index in [1.807, 2.05) is 0 Å². The molecular weight excluding hydrogens is 457 g/mol. The van der Waals surface area contributed by atoms with Crippen molar-refractivity contribution in [3.63, 3.8) is 0 Å². The second kappa shape index (κ2) is 8.34. The molecule has 0 saturated heterocycles. The van der Waals surface area contributed by atoms with Gasteiger partial charge in [0.2, 0.25) is 0 Å². The van der Waals surface area contributed by atoms with Crippen molar-refractivity contribution in [3.8, 4) is 0 Å². The SMILES string of the molecule is C=C(C)C(F)(F)c1cccc([C@@H](C)Nc2nc(C)nc3cc4c(cc23)N(C)C(=O)C4(C)OC)c1F. The van der Waals surface area contributed by atoms with Gasteiger partial charge in [0.15, 0.2) is 5.60 Å². The molecule has 0 fully saturated rings. The second-order valence-corrected chi connectivity index (χ2v) is 9.04. The Kier molecular flexibility index (Phi) is 5.87. The van der Waals surface area contributed by atoms with E-state index < -0.39 is 34.5 Å². The number of benzene rings is 2. The van der Waals surface area contributed by atoms with Gasteiger partial charge in [0.25, 0.3) is 11.8 Å². The molecule has 3 aromatic rings. The molecule has 6 nitrogen and oxygen atoms in total. The highest BCUT2D eigenvalue weighted by Gasteiger charge is 2.47. The van der Waals surface area contributed by atoms with Crippen molar-refractivity contribution in [1.29, 1.82) is 0 Å². The number of aromatic nitrogens is 2. The zero-order valence-corrected chi connectivity index (χ0v) is 20.5. The number of fused-ring (bicyclic) bond motifs is 2. The predicted octanol–water partition coefficient (Wildman–Crippen LogP) is 5.76. The number of alkyl halides is 2. The molecule has 0 radical (unpaired) electrons. The maximum Gasteiger partial charge on any atom is 0.296 e. The maximum absolute atomic E-state index is 15.2. The largest absolute Gasteiger partial charge is 0.364 e. The third kappa shape index (κ3) is 3.74. The molecule has 1 aromatic heterocycles. The summed E-state index contributed by atoms with van der Waals surface area (Å²) in [4.78, 5) is 23.3. The number of nitrogens with one attached hydrogen (secondary N) is 1. The van der Waals surface area contributed by atoms with E-state index >= 15 is 4.39 Å². The van der Waals surface area contributed by atoms with E-state index in [1.165, 1.54) is 31.1 Å². The zero-order chi connectivity index (χ0) is 25.9. The average Bonchev–Trinajstić information content (AvgIpc) is 2.98. The normalized spacial score (nSPS) is 18.7. The quantitative estimate of drug-likeness (QED) is 0.451. The number of allylic oxidation sites excluding steroid dienone is 1. The molecular formula is C26H27F3N4O2. The van der Waals surface area contributed by atoms with Gasteiger partial charge in [-0.2, -0.15) is 8.78 Å². The van der Waals surface area contributed by atoms with E-state index in [0.29, 0.717) is 33.8 Å². The van der Waals surface area contributed by atoms with E-state index in [4.69, 9.17) is 4.74 Å². The first-order valence-electron chi connectivity index (χ1n) is 11.1. The summed E-state index contributed by atoms with van der Waals surface area (Å²) in [5, 5.41) is 3.75. The minimum atomic E-state index is -3.50. The number of methoxy groups -OCH3 is 1. The average molecular weight is 485 g/mol. The molecule has 184 valence electrons. The number of hydrogen-bond donors (Lipinski definition) is 1. The van der Waals surface area contributed by atoms with Crippen LogP contribution in [-0.2, 0) is 21.1 Å². The van der Waals surface area contributed by atoms with Gasteiger partial charge in [-0.05, 0) is 51.5 Å². The van der Waals surface area contributed by atoms with E-state index in [2.05, 4.69) is 21.9 Å². The number of hydrogen-bond acceptors (Lipinski definition) is 5. The minimum absolute atomic E-state index is 0.0632. The molecule has 0 aliphatic carbocycles. The van der Waals surface area contributed by atoms with Gasteiger partial charge in [0, 0.05) is 30.7 Å². The fourth-order valence-electron chi connectivity index (χ4n) is 4.43. The minimum Gasteiger partial charge on any atom is -0.364 e. The summed E-state index contributed by atoms with van der Waals surface area (Å²) in [6.45, 7) is 9.54. The van der Waals surface area contributed by atoms with Crippen molar-refractivity contribution >= 4 is 28.3 Å². The Morgan fingerprint density at radius 2 is 1.97 bits per heavy atom. The summed E-state index contributed by atoms with van der Waals surface area (Å²) in [6.07, 6.45) is 0. The topological polar surface area (TPSA) is 67.4 Å². The van der Waals surface area contributed by atoms with Crippen molar-refractivity contribution in [2.45, 2.75) is 45.3 Å². The Morgan fingerprint density at radius 3 is 2.60 bits per heavy atom. The van der Waals surface area contributed by atoms with Crippen molar-refractivity contribution in [1.82, 2.24) is 9.97 Å². The lowest BCUT2D eigenvalue weighted by Crippen LogP contribution is -2.37. The van der Waals surface area contributed by atoms with Gasteiger partial charge >= 0.3 is 0 Å². The smallest absolute Gasteiger partial charge is 0.296 e. The van der Waals surface area contributed by atoms with Crippen LogP contribution in [0.1, 0.15) is 49.3 Å². The summed E-state index contributed by atoms with van der Waals surface area (Å²) in [5.41, 5.74) is -0.356. The summed E-state index contributed by atoms with van der Waals surface area (Å²) >= 11 is 0.